The van der Waals surface area contributed by atoms with E-state index in [4.69, 9.17) is 34.8 Å². The van der Waals surface area contributed by atoms with Crippen LogP contribution in [0.15, 0.2) is 72.8 Å². The average Bonchev–Trinajstić information content (AvgIpc) is 2.87. The maximum atomic E-state index is 13.2. The van der Waals surface area contributed by atoms with Crippen molar-refractivity contribution >= 4 is 52.2 Å². The summed E-state index contributed by atoms with van der Waals surface area (Å²) in [4.78, 5) is 17.4. The minimum atomic E-state index is -0.215. The van der Waals surface area contributed by atoms with E-state index < -0.39 is 0 Å². The van der Waals surface area contributed by atoms with E-state index in [9.17, 15) is 4.79 Å². The average molecular weight is 531 g/mol. The first kappa shape index (κ1) is 25.8. The summed E-state index contributed by atoms with van der Waals surface area (Å²) >= 11 is 18.3. The van der Waals surface area contributed by atoms with Gasteiger partial charge in [-0.25, -0.2) is 4.79 Å². The van der Waals surface area contributed by atoms with Crippen molar-refractivity contribution in [3.63, 3.8) is 0 Å². The van der Waals surface area contributed by atoms with Crippen LogP contribution in [-0.2, 0) is 6.42 Å². The van der Waals surface area contributed by atoms with Gasteiger partial charge >= 0.3 is 6.03 Å². The molecule has 0 aliphatic carbocycles. The SMILES string of the molecule is O=C(Nc1ccc(Cl)cc1)N(CCCN1CCC(Cc2ccccc2)CC1)c1ccc(Cl)c(Cl)c1. The summed E-state index contributed by atoms with van der Waals surface area (Å²) in [6.07, 6.45) is 4.44. The Morgan fingerprint density at radius 1 is 0.914 bits per heavy atom. The molecule has 0 radical (unpaired) electrons. The monoisotopic (exact) mass is 529 g/mol. The number of benzene rings is 3. The van der Waals surface area contributed by atoms with Gasteiger partial charge in [0, 0.05) is 22.9 Å². The zero-order valence-electron chi connectivity index (χ0n) is 19.6. The maximum Gasteiger partial charge on any atom is 0.326 e. The lowest BCUT2D eigenvalue weighted by atomic mass is 9.90. The minimum Gasteiger partial charge on any atom is -0.308 e. The van der Waals surface area contributed by atoms with E-state index in [1.165, 1.54) is 18.4 Å². The fraction of sp³-hybridized carbons (Fsp3) is 0.321. The third-order valence-electron chi connectivity index (χ3n) is 6.49. The Labute approximate surface area is 222 Å². The van der Waals surface area contributed by atoms with Crippen LogP contribution in [0.3, 0.4) is 0 Å². The van der Waals surface area contributed by atoms with Gasteiger partial charge in [-0.1, -0.05) is 65.1 Å². The summed E-state index contributed by atoms with van der Waals surface area (Å²) in [5, 5.41) is 4.47. The molecule has 0 aromatic heterocycles. The van der Waals surface area contributed by atoms with E-state index in [1.807, 2.05) is 6.07 Å². The molecule has 1 saturated heterocycles. The second-order valence-corrected chi connectivity index (χ2v) is 10.3. The van der Waals surface area contributed by atoms with Crippen LogP contribution < -0.4 is 10.2 Å². The van der Waals surface area contributed by atoms with Crippen LogP contribution in [0.4, 0.5) is 16.2 Å². The van der Waals surface area contributed by atoms with E-state index in [2.05, 4.69) is 40.5 Å². The van der Waals surface area contributed by atoms with Crippen LogP contribution in [-0.4, -0.2) is 37.1 Å². The molecule has 0 atom stereocenters. The molecule has 1 aliphatic heterocycles. The first-order valence-electron chi connectivity index (χ1n) is 12.0. The number of rotatable bonds is 8. The van der Waals surface area contributed by atoms with Crippen LogP contribution >= 0.6 is 34.8 Å². The van der Waals surface area contributed by atoms with Crippen LogP contribution in [0, 0.1) is 5.92 Å². The molecule has 184 valence electrons. The Morgan fingerprint density at radius 3 is 2.31 bits per heavy atom. The van der Waals surface area contributed by atoms with E-state index in [1.54, 1.807) is 41.3 Å². The molecule has 35 heavy (non-hydrogen) atoms. The number of amides is 2. The van der Waals surface area contributed by atoms with E-state index in [-0.39, 0.29) is 6.03 Å². The number of carbonyl (C=O) groups excluding carboxylic acids is 1. The molecule has 2 amide bonds. The largest absolute Gasteiger partial charge is 0.326 e. The van der Waals surface area contributed by atoms with Crippen LogP contribution in [0.5, 0.6) is 0 Å². The first-order chi connectivity index (χ1) is 17.0. The second kappa shape index (κ2) is 12.6. The number of carbonyl (C=O) groups is 1. The summed E-state index contributed by atoms with van der Waals surface area (Å²) < 4.78 is 0. The maximum absolute atomic E-state index is 13.2. The van der Waals surface area contributed by atoms with Gasteiger partial charge in [-0.2, -0.15) is 0 Å². The van der Waals surface area contributed by atoms with Crippen LogP contribution in [0.2, 0.25) is 15.1 Å². The number of nitrogens with zero attached hydrogens (tertiary/aromatic N) is 2. The zero-order valence-corrected chi connectivity index (χ0v) is 21.9. The quantitative estimate of drug-likeness (QED) is 0.320. The lowest BCUT2D eigenvalue weighted by Crippen LogP contribution is -2.39. The molecule has 0 bridgehead atoms. The number of hydrogen-bond donors (Lipinski definition) is 1. The first-order valence-corrected chi connectivity index (χ1v) is 13.2. The Hall–Kier alpha value is -2.24. The molecule has 4 rings (SSSR count). The molecule has 1 aliphatic rings. The molecular weight excluding hydrogens is 501 g/mol. The lowest BCUT2D eigenvalue weighted by Gasteiger charge is -2.32. The highest BCUT2D eigenvalue weighted by atomic mass is 35.5. The Bertz CT molecular complexity index is 1100. The van der Waals surface area contributed by atoms with Crippen molar-refractivity contribution < 1.29 is 4.79 Å². The van der Waals surface area contributed by atoms with Gasteiger partial charge in [0.05, 0.1) is 10.0 Å². The number of halogens is 3. The Kier molecular flexibility index (Phi) is 9.33. The third kappa shape index (κ3) is 7.62. The van der Waals surface area contributed by atoms with Gasteiger partial charge in [-0.3, -0.25) is 4.90 Å². The van der Waals surface area contributed by atoms with Crippen molar-refractivity contribution in [3.8, 4) is 0 Å². The topological polar surface area (TPSA) is 35.6 Å². The summed E-state index contributed by atoms with van der Waals surface area (Å²) in [6, 6.07) is 22.9. The fourth-order valence-corrected chi connectivity index (χ4v) is 4.96. The third-order valence-corrected chi connectivity index (χ3v) is 7.48. The van der Waals surface area contributed by atoms with Gasteiger partial charge in [-0.05, 0) is 99.3 Å². The van der Waals surface area contributed by atoms with E-state index in [0.717, 1.165) is 38.4 Å². The summed E-state index contributed by atoms with van der Waals surface area (Å²) in [5.74, 6) is 0.742. The van der Waals surface area contributed by atoms with E-state index >= 15 is 0 Å². The standard InChI is InChI=1S/C28H30Cl3N3O/c29-23-7-9-24(10-8-23)32-28(35)34(25-11-12-26(30)27(31)20-25)16-4-15-33-17-13-22(14-18-33)19-21-5-2-1-3-6-21/h1-3,5-12,20,22H,4,13-19H2,(H,32,35). The van der Waals surface area contributed by atoms with Crippen molar-refractivity contribution in [1.29, 1.82) is 0 Å². The molecule has 4 nitrogen and oxygen atoms in total. The number of hydrogen-bond acceptors (Lipinski definition) is 2. The van der Waals surface area contributed by atoms with E-state index in [0.29, 0.717) is 33.0 Å². The Balaban J connectivity index is 1.32. The highest BCUT2D eigenvalue weighted by Gasteiger charge is 2.21. The summed E-state index contributed by atoms with van der Waals surface area (Å²) in [7, 11) is 0. The van der Waals surface area contributed by atoms with Crippen molar-refractivity contribution in [2.45, 2.75) is 25.7 Å². The van der Waals surface area contributed by atoms with Gasteiger partial charge in [0.1, 0.15) is 0 Å². The number of anilines is 2. The Morgan fingerprint density at radius 2 is 1.63 bits per heavy atom. The van der Waals surface area contributed by atoms with Crippen molar-refractivity contribution in [3.05, 3.63) is 93.4 Å². The van der Waals surface area contributed by atoms with Crippen LogP contribution in [0.1, 0.15) is 24.8 Å². The highest BCUT2D eigenvalue weighted by molar-refractivity contribution is 6.42. The van der Waals surface area contributed by atoms with Gasteiger partial charge in [0.15, 0.2) is 0 Å². The molecule has 3 aromatic carbocycles. The highest BCUT2D eigenvalue weighted by Crippen LogP contribution is 2.28. The molecule has 0 saturated carbocycles. The summed E-state index contributed by atoms with van der Waals surface area (Å²) in [6.45, 7) is 3.72. The van der Waals surface area contributed by atoms with Gasteiger partial charge in [0.25, 0.3) is 0 Å². The molecule has 3 aromatic rings. The van der Waals surface area contributed by atoms with Gasteiger partial charge < -0.3 is 10.2 Å². The number of urea groups is 1. The fourth-order valence-electron chi connectivity index (χ4n) is 4.54. The molecule has 0 unspecified atom stereocenters. The number of likely N-dealkylation sites (tertiary alicyclic amines) is 1. The number of piperidine rings is 1. The van der Waals surface area contributed by atoms with Gasteiger partial charge in [-0.15, -0.1) is 0 Å². The molecule has 1 heterocycles. The number of nitrogens with one attached hydrogen (secondary N) is 1. The predicted octanol–water partition coefficient (Wildman–Crippen LogP) is 8.03. The minimum absolute atomic E-state index is 0.215. The normalized spacial score (nSPS) is 14.6. The molecule has 1 fully saturated rings. The smallest absolute Gasteiger partial charge is 0.308 e. The molecular formula is C28H30Cl3N3O. The van der Waals surface area contributed by atoms with Crippen molar-refractivity contribution in [2.24, 2.45) is 5.92 Å². The lowest BCUT2D eigenvalue weighted by molar-refractivity contribution is 0.183. The zero-order chi connectivity index (χ0) is 24.6. The van der Waals surface area contributed by atoms with Crippen molar-refractivity contribution in [1.82, 2.24) is 4.90 Å². The van der Waals surface area contributed by atoms with Crippen molar-refractivity contribution in [2.75, 3.05) is 36.4 Å². The molecule has 1 N–H and O–H groups in total. The predicted molar refractivity (Wildman–Crippen MR) is 148 cm³/mol. The molecule has 7 heteroatoms. The second-order valence-electron chi connectivity index (χ2n) is 9.02. The summed E-state index contributed by atoms with van der Waals surface area (Å²) in [5.41, 5.74) is 2.83. The van der Waals surface area contributed by atoms with Crippen LogP contribution in [0.25, 0.3) is 0 Å². The van der Waals surface area contributed by atoms with Gasteiger partial charge in [0.2, 0.25) is 0 Å². The molecule has 0 spiro atoms.